The number of ether oxygens (including phenoxy) is 1. The Kier molecular flexibility index (Phi) is 5.71. The number of pyridine rings is 1. The third-order valence-corrected chi connectivity index (χ3v) is 3.46. The number of rotatable bonds is 5. The number of hydrogen-bond donors (Lipinski definition) is 2. The molecule has 0 aromatic carbocycles. The van der Waals surface area contributed by atoms with Gasteiger partial charge in [0.25, 0.3) is 5.91 Å². The van der Waals surface area contributed by atoms with Crippen LogP contribution in [0.5, 0.6) is 0 Å². The third-order valence-electron chi connectivity index (χ3n) is 3.46. The molecular formula is C16H23FN4O3. The summed E-state index contributed by atoms with van der Waals surface area (Å²) in [5.41, 5.74) is 4.63. The van der Waals surface area contributed by atoms with Gasteiger partial charge in [-0.25, -0.2) is 9.37 Å². The maximum Gasteiger partial charge on any atom is 0.320 e. The second-order valence-corrected chi connectivity index (χ2v) is 6.69. The van der Waals surface area contributed by atoms with Crippen LogP contribution >= 0.6 is 0 Å². The number of esters is 1. The Hall–Kier alpha value is -2.22. The number of halogens is 1. The van der Waals surface area contributed by atoms with Gasteiger partial charge in [0.15, 0.2) is 0 Å². The molecule has 7 nitrogen and oxygen atoms in total. The smallest absolute Gasteiger partial charge is 0.320 e. The summed E-state index contributed by atoms with van der Waals surface area (Å²) in [5, 5.41) is 0. The molecule has 1 aliphatic rings. The molecule has 1 atom stereocenters. The molecule has 1 unspecified atom stereocenters. The fourth-order valence-corrected chi connectivity index (χ4v) is 2.51. The summed E-state index contributed by atoms with van der Waals surface area (Å²) in [5.74, 6) is -0.731. The molecule has 0 aliphatic carbocycles. The van der Waals surface area contributed by atoms with Crippen LogP contribution in [0.4, 0.5) is 10.2 Å². The molecule has 0 bridgehead atoms. The van der Waals surface area contributed by atoms with Gasteiger partial charge in [-0.2, -0.15) is 0 Å². The normalized spacial score (nSPS) is 18.2. The average Bonchev–Trinajstić information content (AvgIpc) is 2.92. The van der Waals surface area contributed by atoms with Crippen LogP contribution in [0.25, 0.3) is 0 Å². The summed E-state index contributed by atoms with van der Waals surface area (Å²) in [4.78, 5) is 29.8. The van der Waals surface area contributed by atoms with E-state index in [9.17, 15) is 14.0 Å². The van der Waals surface area contributed by atoms with Crippen molar-refractivity contribution in [3.8, 4) is 0 Å². The monoisotopic (exact) mass is 338 g/mol. The Bertz CT molecular complexity index is 586. The first kappa shape index (κ1) is 18.1. The standard InChI is InChI=1S/C16H23FN4O3/c1-16(2,3)24-14(22)10-21-8-4-5-12(21)15(23)20-19-13-7-6-11(17)9-18-13/h6-7,9,12H,4-5,8,10H2,1-3H3,(H,18,19)(H,20,23). The van der Waals surface area contributed by atoms with Crippen LogP contribution in [-0.4, -0.2) is 46.5 Å². The molecule has 1 aromatic rings. The van der Waals surface area contributed by atoms with Gasteiger partial charge in [-0.15, -0.1) is 0 Å². The third kappa shape index (κ3) is 5.45. The van der Waals surface area contributed by atoms with E-state index in [-0.39, 0.29) is 18.4 Å². The number of aromatic nitrogens is 1. The van der Waals surface area contributed by atoms with Crippen LogP contribution in [0.1, 0.15) is 33.6 Å². The van der Waals surface area contributed by atoms with Crippen molar-refractivity contribution in [2.45, 2.75) is 45.3 Å². The van der Waals surface area contributed by atoms with E-state index in [2.05, 4.69) is 15.8 Å². The lowest BCUT2D eigenvalue weighted by Gasteiger charge is -2.25. The second-order valence-electron chi connectivity index (χ2n) is 6.69. The molecule has 24 heavy (non-hydrogen) atoms. The maximum atomic E-state index is 12.8. The highest BCUT2D eigenvalue weighted by molar-refractivity contribution is 5.84. The number of anilines is 1. The molecular weight excluding hydrogens is 315 g/mol. The fourth-order valence-electron chi connectivity index (χ4n) is 2.51. The number of carbonyl (C=O) groups excluding carboxylic acids is 2. The van der Waals surface area contributed by atoms with E-state index in [1.165, 1.54) is 12.1 Å². The topological polar surface area (TPSA) is 83.6 Å². The van der Waals surface area contributed by atoms with E-state index in [1.807, 2.05) is 0 Å². The van der Waals surface area contributed by atoms with E-state index in [4.69, 9.17) is 4.74 Å². The lowest BCUT2D eigenvalue weighted by molar-refractivity contribution is -0.156. The predicted octanol–water partition coefficient (Wildman–Crippen LogP) is 1.47. The number of amides is 1. The van der Waals surface area contributed by atoms with Gasteiger partial charge in [-0.1, -0.05) is 0 Å². The lowest BCUT2D eigenvalue weighted by Crippen LogP contribution is -2.47. The SMILES string of the molecule is CC(C)(C)OC(=O)CN1CCCC1C(=O)NNc1ccc(F)cn1. The van der Waals surface area contributed by atoms with Gasteiger partial charge in [0.1, 0.15) is 17.2 Å². The van der Waals surface area contributed by atoms with Crippen molar-refractivity contribution in [1.82, 2.24) is 15.3 Å². The molecule has 1 fully saturated rings. The van der Waals surface area contributed by atoms with Crippen LogP contribution in [0.15, 0.2) is 18.3 Å². The average molecular weight is 338 g/mol. The van der Waals surface area contributed by atoms with E-state index in [0.717, 1.165) is 12.6 Å². The Morgan fingerprint density at radius 2 is 2.17 bits per heavy atom. The number of hydrazine groups is 1. The summed E-state index contributed by atoms with van der Waals surface area (Å²) < 4.78 is 18.1. The van der Waals surface area contributed by atoms with Gasteiger partial charge in [-0.3, -0.25) is 25.3 Å². The molecule has 8 heteroatoms. The van der Waals surface area contributed by atoms with Crippen molar-refractivity contribution in [1.29, 1.82) is 0 Å². The number of nitrogens with zero attached hydrogens (tertiary/aromatic N) is 2. The molecule has 0 radical (unpaired) electrons. The Morgan fingerprint density at radius 1 is 1.42 bits per heavy atom. The largest absolute Gasteiger partial charge is 0.459 e. The zero-order chi connectivity index (χ0) is 17.7. The van der Waals surface area contributed by atoms with E-state index in [0.29, 0.717) is 18.8 Å². The summed E-state index contributed by atoms with van der Waals surface area (Å²) in [6, 6.07) is 2.25. The van der Waals surface area contributed by atoms with Gasteiger partial charge < -0.3 is 4.74 Å². The number of hydrogen-bond acceptors (Lipinski definition) is 6. The van der Waals surface area contributed by atoms with Crippen LogP contribution in [0, 0.1) is 5.82 Å². The van der Waals surface area contributed by atoms with Crippen LogP contribution in [-0.2, 0) is 14.3 Å². The van der Waals surface area contributed by atoms with Crippen LogP contribution in [0.3, 0.4) is 0 Å². The minimum atomic E-state index is -0.551. The van der Waals surface area contributed by atoms with Crippen molar-refractivity contribution in [2.24, 2.45) is 0 Å². The zero-order valence-electron chi connectivity index (χ0n) is 14.1. The number of carbonyl (C=O) groups is 2. The fraction of sp³-hybridized carbons (Fsp3) is 0.562. The predicted molar refractivity (Wildman–Crippen MR) is 86.4 cm³/mol. The van der Waals surface area contributed by atoms with Gasteiger partial charge in [0.2, 0.25) is 0 Å². The molecule has 1 amide bonds. The molecule has 2 heterocycles. The highest BCUT2D eigenvalue weighted by atomic mass is 19.1. The van der Waals surface area contributed by atoms with Gasteiger partial charge in [0.05, 0.1) is 18.8 Å². The summed E-state index contributed by atoms with van der Waals surface area (Å²) in [6.45, 7) is 6.15. The summed E-state index contributed by atoms with van der Waals surface area (Å²) >= 11 is 0. The van der Waals surface area contributed by atoms with E-state index < -0.39 is 17.5 Å². The number of nitrogens with one attached hydrogen (secondary N) is 2. The van der Waals surface area contributed by atoms with Crippen LogP contribution < -0.4 is 10.9 Å². The molecule has 1 saturated heterocycles. The van der Waals surface area contributed by atoms with Gasteiger partial charge >= 0.3 is 5.97 Å². The van der Waals surface area contributed by atoms with Gasteiger partial charge in [-0.05, 0) is 52.3 Å². The molecule has 1 aliphatic heterocycles. The first-order chi connectivity index (χ1) is 11.2. The highest BCUT2D eigenvalue weighted by Crippen LogP contribution is 2.18. The molecule has 0 spiro atoms. The molecule has 2 N–H and O–H groups in total. The lowest BCUT2D eigenvalue weighted by atomic mass is 10.2. The van der Waals surface area contributed by atoms with Crippen molar-refractivity contribution < 1.29 is 18.7 Å². The molecule has 2 rings (SSSR count). The van der Waals surface area contributed by atoms with Gasteiger partial charge in [0, 0.05) is 0 Å². The Labute approximate surface area is 140 Å². The quantitative estimate of drug-likeness (QED) is 0.625. The zero-order valence-corrected chi connectivity index (χ0v) is 14.1. The van der Waals surface area contributed by atoms with E-state index >= 15 is 0 Å². The Morgan fingerprint density at radius 3 is 2.79 bits per heavy atom. The minimum Gasteiger partial charge on any atom is -0.459 e. The van der Waals surface area contributed by atoms with Crippen molar-refractivity contribution >= 4 is 17.7 Å². The molecule has 0 saturated carbocycles. The van der Waals surface area contributed by atoms with Crippen molar-refractivity contribution in [3.05, 3.63) is 24.1 Å². The van der Waals surface area contributed by atoms with Crippen molar-refractivity contribution in [3.63, 3.8) is 0 Å². The molecule has 132 valence electrons. The number of likely N-dealkylation sites (tertiary alicyclic amines) is 1. The summed E-state index contributed by atoms with van der Waals surface area (Å²) in [7, 11) is 0. The van der Waals surface area contributed by atoms with Crippen molar-refractivity contribution in [2.75, 3.05) is 18.5 Å². The second kappa shape index (κ2) is 7.57. The summed E-state index contributed by atoms with van der Waals surface area (Å²) in [6.07, 6.45) is 2.54. The first-order valence-electron chi connectivity index (χ1n) is 7.88. The maximum absolute atomic E-state index is 12.8. The minimum absolute atomic E-state index is 0.0736. The first-order valence-corrected chi connectivity index (χ1v) is 7.88. The Balaban J connectivity index is 1.86. The molecule has 1 aromatic heterocycles. The highest BCUT2D eigenvalue weighted by Gasteiger charge is 2.33. The van der Waals surface area contributed by atoms with Crippen LogP contribution in [0.2, 0.25) is 0 Å². The van der Waals surface area contributed by atoms with E-state index in [1.54, 1.807) is 25.7 Å².